The van der Waals surface area contributed by atoms with Crippen molar-refractivity contribution in [2.24, 2.45) is 0 Å². The smallest absolute Gasteiger partial charge is 0.0548 e. The highest BCUT2D eigenvalue weighted by atomic mass is 32.1. The molecule has 0 aliphatic rings. The lowest BCUT2D eigenvalue weighted by Gasteiger charge is -2.11. The number of para-hydroxylation sites is 2. The standard InChI is InChI=1S/C54H34N2S/c1-2-10-35(11-3-1)40-26-31-44-43-12-4-7-15-47(43)56(50(44)34-40)42-29-24-39(25-30-42)37-20-18-36(19-21-37)38-22-27-41(28-23-38)55-48-16-8-5-13-45(48)53-49(55)32-33-52-54(53)46-14-6-9-17-51(46)57-52/h1-34H. The summed E-state index contributed by atoms with van der Waals surface area (Å²) in [5.41, 5.74) is 14.5. The minimum absolute atomic E-state index is 1.16. The van der Waals surface area contributed by atoms with Gasteiger partial charge in [-0.2, -0.15) is 0 Å². The van der Waals surface area contributed by atoms with E-state index in [2.05, 4.69) is 215 Å². The molecule has 0 unspecified atom stereocenters. The quantitative estimate of drug-likeness (QED) is 0.166. The van der Waals surface area contributed by atoms with E-state index in [4.69, 9.17) is 0 Å². The molecule has 0 aliphatic heterocycles. The molecule has 12 aromatic rings. The molecule has 0 spiro atoms. The van der Waals surface area contributed by atoms with Gasteiger partial charge in [0.15, 0.2) is 0 Å². The second-order valence-corrected chi connectivity index (χ2v) is 16.0. The Bertz CT molecular complexity index is 3470. The Balaban J connectivity index is 0.869. The molecule has 12 rings (SSSR count). The maximum absolute atomic E-state index is 2.43. The number of nitrogens with zero attached hydrogens (tertiary/aromatic N) is 2. The van der Waals surface area contributed by atoms with Crippen molar-refractivity contribution in [1.29, 1.82) is 0 Å². The zero-order valence-corrected chi connectivity index (χ0v) is 31.7. The summed E-state index contributed by atoms with van der Waals surface area (Å²) in [6.45, 7) is 0. The van der Waals surface area contributed by atoms with Crippen LogP contribution in [-0.2, 0) is 0 Å². The molecular weight excluding hydrogens is 709 g/mol. The minimum Gasteiger partial charge on any atom is -0.309 e. The Hall–Kier alpha value is -7.20. The van der Waals surface area contributed by atoms with Gasteiger partial charge in [0, 0.05) is 53.1 Å². The van der Waals surface area contributed by atoms with Crippen LogP contribution in [0.5, 0.6) is 0 Å². The predicted octanol–water partition coefficient (Wildman–Crippen LogP) is 15.2. The minimum atomic E-state index is 1.16. The molecule has 2 nitrogen and oxygen atoms in total. The second-order valence-electron chi connectivity index (χ2n) is 14.9. The van der Waals surface area contributed by atoms with Crippen LogP contribution in [0, 0.1) is 0 Å². The van der Waals surface area contributed by atoms with Crippen molar-refractivity contribution in [3.8, 4) is 44.8 Å². The molecule has 0 saturated carbocycles. The molecule has 3 heteroatoms. The van der Waals surface area contributed by atoms with Gasteiger partial charge in [0.1, 0.15) is 0 Å². The van der Waals surface area contributed by atoms with Crippen LogP contribution in [0.15, 0.2) is 206 Å². The molecule has 0 saturated heterocycles. The molecule has 0 atom stereocenters. The van der Waals surface area contributed by atoms with Crippen LogP contribution in [0.1, 0.15) is 0 Å². The first kappa shape index (κ1) is 32.1. The lowest BCUT2D eigenvalue weighted by atomic mass is 10.00. The summed E-state index contributed by atoms with van der Waals surface area (Å²) in [7, 11) is 0. The van der Waals surface area contributed by atoms with E-state index in [-0.39, 0.29) is 0 Å². The Morgan fingerprint density at radius 3 is 1.40 bits per heavy atom. The van der Waals surface area contributed by atoms with E-state index in [9.17, 15) is 0 Å². The van der Waals surface area contributed by atoms with Crippen molar-refractivity contribution in [3.63, 3.8) is 0 Å². The summed E-state index contributed by atoms with van der Waals surface area (Å²) < 4.78 is 7.50. The first-order chi connectivity index (χ1) is 28.3. The van der Waals surface area contributed by atoms with Crippen molar-refractivity contribution in [3.05, 3.63) is 206 Å². The van der Waals surface area contributed by atoms with Gasteiger partial charge in [0.05, 0.1) is 22.1 Å². The highest BCUT2D eigenvalue weighted by molar-refractivity contribution is 7.26. The second kappa shape index (κ2) is 12.7. The molecule has 0 radical (unpaired) electrons. The summed E-state index contributed by atoms with van der Waals surface area (Å²) in [5.74, 6) is 0. The van der Waals surface area contributed by atoms with Gasteiger partial charge in [0.2, 0.25) is 0 Å². The van der Waals surface area contributed by atoms with Gasteiger partial charge in [-0.05, 0) is 94.0 Å². The average Bonchev–Trinajstić information content (AvgIpc) is 3.94. The maximum Gasteiger partial charge on any atom is 0.0548 e. The van der Waals surface area contributed by atoms with Crippen LogP contribution >= 0.6 is 11.3 Å². The molecule has 57 heavy (non-hydrogen) atoms. The van der Waals surface area contributed by atoms with Gasteiger partial charge in [-0.3, -0.25) is 0 Å². The van der Waals surface area contributed by atoms with E-state index in [1.807, 2.05) is 11.3 Å². The molecule has 0 bridgehead atoms. The number of thiophene rings is 1. The molecular formula is C54H34N2S. The number of hydrogen-bond acceptors (Lipinski definition) is 1. The summed E-state index contributed by atoms with van der Waals surface area (Å²) in [4.78, 5) is 0. The number of aromatic nitrogens is 2. The van der Waals surface area contributed by atoms with Crippen molar-refractivity contribution in [1.82, 2.24) is 9.13 Å². The molecule has 0 amide bonds. The highest BCUT2D eigenvalue weighted by Crippen LogP contribution is 2.43. The van der Waals surface area contributed by atoms with Crippen molar-refractivity contribution < 1.29 is 0 Å². The van der Waals surface area contributed by atoms with E-state index in [0.29, 0.717) is 0 Å². The van der Waals surface area contributed by atoms with E-state index in [0.717, 1.165) is 5.69 Å². The van der Waals surface area contributed by atoms with Crippen molar-refractivity contribution >= 4 is 75.1 Å². The molecule has 3 aromatic heterocycles. The lowest BCUT2D eigenvalue weighted by Crippen LogP contribution is -1.94. The van der Waals surface area contributed by atoms with Gasteiger partial charge >= 0.3 is 0 Å². The first-order valence-electron chi connectivity index (χ1n) is 19.5. The maximum atomic E-state index is 2.43. The number of hydrogen-bond donors (Lipinski definition) is 0. The van der Waals surface area contributed by atoms with Crippen LogP contribution in [-0.4, -0.2) is 9.13 Å². The molecule has 0 aliphatic carbocycles. The lowest BCUT2D eigenvalue weighted by molar-refractivity contribution is 1.18. The van der Waals surface area contributed by atoms with Crippen LogP contribution in [0.2, 0.25) is 0 Å². The fraction of sp³-hybridized carbons (Fsp3) is 0. The molecule has 266 valence electrons. The SMILES string of the molecule is c1ccc(-c2ccc3c4ccccc4n(-c4ccc(-c5ccc(-c6ccc(-n7c8ccccc8c8c9c(ccc87)sc7ccccc79)cc6)cc5)cc4)c3c2)cc1. The molecule has 9 aromatic carbocycles. The first-order valence-corrected chi connectivity index (χ1v) is 20.3. The Kier molecular flexibility index (Phi) is 7.13. The average molecular weight is 743 g/mol. The molecule has 0 N–H and O–H groups in total. The zero-order valence-electron chi connectivity index (χ0n) is 30.9. The Morgan fingerprint density at radius 2 is 0.737 bits per heavy atom. The van der Waals surface area contributed by atoms with Crippen LogP contribution in [0.25, 0.3) is 109 Å². The third-order valence-electron chi connectivity index (χ3n) is 11.8. The fourth-order valence-electron chi connectivity index (χ4n) is 9.07. The van der Waals surface area contributed by atoms with Gasteiger partial charge in [-0.1, -0.05) is 146 Å². The van der Waals surface area contributed by atoms with Gasteiger partial charge in [-0.15, -0.1) is 11.3 Å². The normalized spacial score (nSPS) is 11.9. The van der Waals surface area contributed by atoms with Crippen molar-refractivity contribution in [2.75, 3.05) is 0 Å². The summed E-state index contributed by atoms with van der Waals surface area (Å²) >= 11 is 1.88. The number of benzene rings is 9. The third kappa shape index (κ3) is 5.03. The summed E-state index contributed by atoms with van der Waals surface area (Å²) in [6.07, 6.45) is 0. The largest absolute Gasteiger partial charge is 0.309 e. The molecule has 3 heterocycles. The fourth-order valence-corrected chi connectivity index (χ4v) is 10.2. The molecule has 0 fully saturated rings. The number of rotatable bonds is 5. The van der Waals surface area contributed by atoms with E-state index in [1.165, 1.54) is 103 Å². The van der Waals surface area contributed by atoms with Gasteiger partial charge in [0.25, 0.3) is 0 Å². The summed E-state index contributed by atoms with van der Waals surface area (Å²) in [5, 5.41) is 7.85. The monoisotopic (exact) mass is 742 g/mol. The predicted molar refractivity (Wildman–Crippen MR) is 244 cm³/mol. The Morgan fingerprint density at radius 1 is 0.263 bits per heavy atom. The van der Waals surface area contributed by atoms with Gasteiger partial charge < -0.3 is 9.13 Å². The van der Waals surface area contributed by atoms with Gasteiger partial charge in [-0.25, -0.2) is 0 Å². The third-order valence-corrected chi connectivity index (χ3v) is 12.9. The van der Waals surface area contributed by atoms with Crippen LogP contribution in [0.4, 0.5) is 0 Å². The Labute approximate surface area is 333 Å². The van der Waals surface area contributed by atoms with Crippen LogP contribution in [0.3, 0.4) is 0 Å². The van der Waals surface area contributed by atoms with E-state index < -0.39 is 0 Å². The number of fused-ring (bicyclic) bond motifs is 10. The topological polar surface area (TPSA) is 9.86 Å². The summed E-state index contributed by atoms with van der Waals surface area (Å²) in [6, 6.07) is 75.5. The highest BCUT2D eigenvalue weighted by Gasteiger charge is 2.18. The van der Waals surface area contributed by atoms with Crippen molar-refractivity contribution in [2.45, 2.75) is 0 Å². The van der Waals surface area contributed by atoms with E-state index in [1.54, 1.807) is 0 Å². The van der Waals surface area contributed by atoms with E-state index >= 15 is 0 Å². The zero-order chi connectivity index (χ0) is 37.5. The van der Waals surface area contributed by atoms with Crippen LogP contribution < -0.4 is 0 Å².